The Balaban J connectivity index is 3.87. The molecular formula is C10H22N2S. The van der Waals surface area contributed by atoms with E-state index in [2.05, 4.69) is 38.3 Å². The fourth-order valence-corrected chi connectivity index (χ4v) is 1.33. The number of hydrogen-bond donors (Lipinski definition) is 2. The third-order valence-electron chi connectivity index (χ3n) is 2.51. The second kappa shape index (κ2) is 6.19. The van der Waals surface area contributed by atoms with Gasteiger partial charge in [0.25, 0.3) is 0 Å². The van der Waals surface area contributed by atoms with Gasteiger partial charge in [0, 0.05) is 12.1 Å². The molecule has 0 aromatic carbocycles. The van der Waals surface area contributed by atoms with E-state index in [1.807, 2.05) is 0 Å². The number of thiocarbonyl (C=S) groups is 1. The molecule has 0 saturated heterocycles. The molecule has 0 radical (unpaired) electrons. The van der Waals surface area contributed by atoms with Gasteiger partial charge in [-0.05, 0) is 38.4 Å². The molecule has 78 valence electrons. The van der Waals surface area contributed by atoms with Crippen LogP contribution in [0.15, 0.2) is 0 Å². The van der Waals surface area contributed by atoms with E-state index in [4.69, 9.17) is 12.2 Å². The minimum atomic E-state index is 0.151. The predicted octanol–water partition coefficient (Wildman–Crippen LogP) is 2.44. The van der Waals surface area contributed by atoms with Crippen molar-refractivity contribution in [1.82, 2.24) is 10.6 Å². The monoisotopic (exact) mass is 202 g/mol. The van der Waals surface area contributed by atoms with Crippen LogP contribution >= 0.6 is 12.2 Å². The molecule has 0 aromatic heterocycles. The summed E-state index contributed by atoms with van der Waals surface area (Å²) in [6.07, 6.45) is 3.30. The number of rotatable bonds is 5. The standard InChI is InChI=1S/C10H22N2S/c1-5-8-11-9(13)12-10(4,6-2)7-3/h5-8H2,1-4H3,(H2,11,12,13). The summed E-state index contributed by atoms with van der Waals surface area (Å²) < 4.78 is 0. The molecule has 13 heavy (non-hydrogen) atoms. The molecule has 0 unspecified atom stereocenters. The predicted molar refractivity (Wildman–Crippen MR) is 63.0 cm³/mol. The van der Waals surface area contributed by atoms with Crippen molar-refractivity contribution in [3.8, 4) is 0 Å². The lowest BCUT2D eigenvalue weighted by molar-refractivity contribution is 0.387. The first-order valence-corrected chi connectivity index (χ1v) is 5.54. The Morgan fingerprint density at radius 2 is 1.77 bits per heavy atom. The first-order valence-electron chi connectivity index (χ1n) is 5.14. The SMILES string of the molecule is CCCNC(=S)NC(C)(CC)CC. The largest absolute Gasteiger partial charge is 0.363 e. The van der Waals surface area contributed by atoms with Crippen LogP contribution in [0.3, 0.4) is 0 Å². The van der Waals surface area contributed by atoms with Crippen LogP contribution in [0.4, 0.5) is 0 Å². The van der Waals surface area contributed by atoms with Crippen LogP contribution in [-0.4, -0.2) is 17.2 Å². The van der Waals surface area contributed by atoms with Crippen molar-refractivity contribution in [3.63, 3.8) is 0 Å². The Kier molecular flexibility index (Phi) is 6.04. The van der Waals surface area contributed by atoms with Gasteiger partial charge in [-0.1, -0.05) is 20.8 Å². The zero-order chi connectivity index (χ0) is 10.3. The number of hydrogen-bond acceptors (Lipinski definition) is 1. The van der Waals surface area contributed by atoms with Gasteiger partial charge in [-0.3, -0.25) is 0 Å². The summed E-state index contributed by atoms with van der Waals surface area (Å²) >= 11 is 5.18. The quantitative estimate of drug-likeness (QED) is 0.670. The molecule has 0 aliphatic heterocycles. The summed E-state index contributed by atoms with van der Waals surface area (Å²) in [4.78, 5) is 0. The molecule has 2 nitrogen and oxygen atoms in total. The lowest BCUT2D eigenvalue weighted by Gasteiger charge is -2.29. The van der Waals surface area contributed by atoms with Crippen LogP contribution in [0.25, 0.3) is 0 Å². The molecule has 0 atom stereocenters. The van der Waals surface area contributed by atoms with Crippen LogP contribution in [-0.2, 0) is 0 Å². The molecule has 0 aliphatic rings. The lowest BCUT2D eigenvalue weighted by Crippen LogP contribution is -2.49. The summed E-state index contributed by atoms with van der Waals surface area (Å²) in [6.45, 7) is 9.65. The Morgan fingerprint density at radius 3 is 2.15 bits per heavy atom. The summed E-state index contributed by atoms with van der Waals surface area (Å²) in [5.41, 5.74) is 0.151. The van der Waals surface area contributed by atoms with Crippen molar-refractivity contribution in [2.45, 2.75) is 52.5 Å². The maximum atomic E-state index is 5.18. The van der Waals surface area contributed by atoms with Gasteiger partial charge >= 0.3 is 0 Å². The van der Waals surface area contributed by atoms with E-state index >= 15 is 0 Å². The molecule has 0 aromatic rings. The molecule has 0 heterocycles. The van der Waals surface area contributed by atoms with E-state index < -0.39 is 0 Å². The first-order chi connectivity index (χ1) is 6.08. The highest BCUT2D eigenvalue weighted by Crippen LogP contribution is 2.12. The number of nitrogens with one attached hydrogen (secondary N) is 2. The van der Waals surface area contributed by atoms with Gasteiger partial charge in [0.05, 0.1) is 0 Å². The lowest BCUT2D eigenvalue weighted by atomic mass is 9.96. The van der Waals surface area contributed by atoms with Crippen molar-refractivity contribution < 1.29 is 0 Å². The molecule has 0 fully saturated rings. The molecule has 0 bridgehead atoms. The minimum absolute atomic E-state index is 0.151. The van der Waals surface area contributed by atoms with Crippen molar-refractivity contribution in [2.24, 2.45) is 0 Å². The second-order valence-electron chi connectivity index (χ2n) is 3.65. The molecule has 0 saturated carbocycles. The fourth-order valence-electron chi connectivity index (χ4n) is 0.984. The van der Waals surface area contributed by atoms with E-state index in [-0.39, 0.29) is 5.54 Å². The highest BCUT2D eigenvalue weighted by atomic mass is 32.1. The van der Waals surface area contributed by atoms with Gasteiger partial charge in [0.15, 0.2) is 5.11 Å². The highest BCUT2D eigenvalue weighted by Gasteiger charge is 2.19. The summed E-state index contributed by atoms with van der Waals surface area (Å²) in [6, 6.07) is 0. The van der Waals surface area contributed by atoms with Crippen LogP contribution in [0.5, 0.6) is 0 Å². The normalized spacial score (nSPS) is 11.1. The second-order valence-corrected chi connectivity index (χ2v) is 4.06. The average Bonchev–Trinajstić information content (AvgIpc) is 2.14. The molecule has 2 N–H and O–H groups in total. The zero-order valence-electron chi connectivity index (χ0n) is 9.24. The van der Waals surface area contributed by atoms with E-state index in [1.54, 1.807) is 0 Å². The van der Waals surface area contributed by atoms with Gasteiger partial charge in [-0.15, -0.1) is 0 Å². The van der Waals surface area contributed by atoms with E-state index in [0.29, 0.717) is 0 Å². The van der Waals surface area contributed by atoms with Crippen LogP contribution in [0.2, 0.25) is 0 Å². The molecule has 0 amide bonds. The van der Waals surface area contributed by atoms with Gasteiger partial charge in [0.1, 0.15) is 0 Å². The average molecular weight is 202 g/mol. The molecular weight excluding hydrogens is 180 g/mol. The third-order valence-corrected chi connectivity index (χ3v) is 2.76. The molecule has 0 aliphatic carbocycles. The maximum absolute atomic E-state index is 5.18. The van der Waals surface area contributed by atoms with Crippen LogP contribution < -0.4 is 10.6 Å². The van der Waals surface area contributed by atoms with Crippen LogP contribution in [0, 0.1) is 0 Å². The maximum Gasteiger partial charge on any atom is 0.166 e. The summed E-state index contributed by atoms with van der Waals surface area (Å²) in [5, 5.41) is 7.31. The van der Waals surface area contributed by atoms with Gasteiger partial charge in [-0.2, -0.15) is 0 Å². The smallest absolute Gasteiger partial charge is 0.166 e. The van der Waals surface area contributed by atoms with Gasteiger partial charge < -0.3 is 10.6 Å². The van der Waals surface area contributed by atoms with Gasteiger partial charge in [0.2, 0.25) is 0 Å². The molecule has 3 heteroatoms. The Labute approximate surface area is 87.5 Å². The Bertz CT molecular complexity index is 153. The van der Waals surface area contributed by atoms with E-state index in [1.165, 1.54) is 0 Å². The van der Waals surface area contributed by atoms with Crippen molar-refractivity contribution in [1.29, 1.82) is 0 Å². The Morgan fingerprint density at radius 1 is 1.23 bits per heavy atom. The zero-order valence-corrected chi connectivity index (χ0v) is 10.1. The Hall–Kier alpha value is -0.310. The van der Waals surface area contributed by atoms with Gasteiger partial charge in [-0.25, -0.2) is 0 Å². The topological polar surface area (TPSA) is 24.1 Å². The molecule has 0 rings (SSSR count). The van der Waals surface area contributed by atoms with Crippen LogP contribution in [0.1, 0.15) is 47.0 Å². The van der Waals surface area contributed by atoms with Crippen molar-refractivity contribution >= 4 is 17.3 Å². The fraction of sp³-hybridized carbons (Fsp3) is 0.900. The van der Waals surface area contributed by atoms with Crippen molar-refractivity contribution in [3.05, 3.63) is 0 Å². The highest BCUT2D eigenvalue weighted by molar-refractivity contribution is 7.80. The van der Waals surface area contributed by atoms with Crippen molar-refractivity contribution in [2.75, 3.05) is 6.54 Å². The first kappa shape index (κ1) is 12.7. The minimum Gasteiger partial charge on any atom is -0.363 e. The molecule has 0 spiro atoms. The summed E-state index contributed by atoms with van der Waals surface area (Å²) in [5.74, 6) is 0. The van der Waals surface area contributed by atoms with E-state index in [9.17, 15) is 0 Å². The third kappa shape index (κ3) is 5.09. The van der Waals surface area contributed by atoms with E-state index in [0.717, 1.165) is 30.9 Å². The summed E-state index contributed by atoms with van der Waals surface area (Å²) in [7, 11) is 0.